The molecule has 0 spiro atoms. The molecule has 43 heavy (non-hydrogen) atoms. The molecule has 0 saturated heterocycles. The van der Waals surface area contributed by atoms with E-state index in [1.807, 2.05) is 54.6 Å². The molecule has 0 fully saturated rings. The van der Waals surface area contributed by atoms with Gasteiger partial charge in [-0.15, -0.1) is 0 Å². The Labute approximate surface area is 258 Å². The number of carbonyl (C=O) groups is 1. The highest BCUT2D eigenvalue weighted by atomic mass is 35.5. The largest absolute Gasteiger partial charge is 0.493 e. The maximum Gasteiger partial charge on any atom is 0.271 e. The quantitative estimate of drug-likeness (QED) is 0.234. The van der Waals surface area contributed by atoms with Crippen molar-refractivity contribution >= 4 is 34.8 Å². The molecule has 2 heterocycles. The molecule has 0 N–H and O–H groups in total. The van der Waals surface area contributed by atoms with Gasteiger partial charge in [-0.1, -0.05) is 60.2 Å². The molecule has 222 valence electrons. The second-order valence-corrected chi connectivity index (χ2v) is 11.2. The highest BCUT2D eigenvalue weighted by Gasteiger charge is 2.33. The molecule has 1 aliphatic heterocycles. The summed E-state index contributed by atoms with van der Waals surface area (Å²) in [6, 6.07) is 17.8. The number of nitrogens with zero attached hydrogens (tertiary/aromatic N) is 2. The van der Waals surface area contributed by atoms with Crippen molar-refractivity contribution in [2.24, 2.45) is 4.99 Å². The summed E-state index contributed by atoms with van der Waals surface area (Å²) in [6.45, 7) is 3.94. The number of halogens is 1. The first-order valence-electron chi connectivity index (χ1n) is 13.6. The van der Waals surface area contributed by atoms with Crippen LogP contribution < -0.4 is 33.8 Å². The van der Waals surface area contributed by atoms with Crippen molar-refractivity contribution < 1.29 is 23.7 Å². The fourth-order valence-corrected chi connectivity index (χ4v) is 6.27. The van der Waals surface area contributed by atoms with Gasteiger partial charge in [-0.25, -0.2) is 4.99 Å². The number of hydrogen-bond donors (Lipinski definition) is 0. The maximum absolute atomic E-state index is 14.0. The van der Waals surface area contributed by atoms with Crippen LogP contribution in [-0.2, 0) is 11.4 Å². The van der Waals surface area contributed by atoms with Crippen LogP contribution in [0.3, 0.4) is 0 Å². The Balaban J connectivity index is 1.56. The van der Waals surface area contributed by atoms with Crippen LogP contribution >= 0.6 is 22.9 Å². The van der Waals surface area contributed by atoms with E-state index in [9.17, 15) is 9.59 Å². The molecule has 0 saturated carbocycles. The summed E-state index contributed by atoms with van der Waals surface area (Å²) < 4.78 is 24.6. The van der Waals surface area contributed by atoms with Crippen molar-refractivity contribution in [2.45, 2.75) is 32.9 Å². The van der Waals surface area contributed by atoms with Crippen LogP contribution in [0, 0.1) is 0 Å². The molecular weight excluding hydrogens is 588 g/mol. The molecule has 0 aliphatic carbocycles. The van der Waals surface area contributed by atoms with Crippen LogP contribution in [-0.4, -0.2) is 31.7 Å². The molecule has 1 unspecified atom stereocenters. The lowest BCUT2D eigenvalue weighted by Crippen LogP contribution is -2.39. The van der Waals surface area contributed by atoms with Gasteiger partial charge in [-0.2, -0.15) is 0 Å². The first-order chi connectivity index (χ1) is 20.8. The number of thiazole rings is 1. The topological polar surface area (TPSA) is 88.4 Å². The summed E-state index contributed by atoms with van der Waals surface area (Å²) in [5.41, 5.74) is 3.13. The summed E-state index contributed by atoms with van der Waals surface area (Å²) >= 11 is 7.51. The van der Waals surface area contributed by atoms with Crippen LogP contribution in [0.25, 0.3) is 6.08 Å². The molecule has 8 nitrogen and oxygen atoms in total. The molecule has 1 aromatic heterocycles. The van der Waals surface area contributed by atoms with Gasteiger partial charge in [0.15, 0.2) is 22.1 Å². The number of methoxy groups -OCH3 is 3. The van der Waals surface area contributed by atoms with Gasteiger partial charge in [0.1, 0.15) is 12.4 Å². The Kier molecular flexibility index (Phi) is 9.03. The van der Waals surface area contributed by atoms with E-state index in [1.54, 1.807) is 30.5 Å². The maximum atomic E-state index is 14.0. The number of benzene rings is 3. The SMILES string of the molecule is CCC(=O)C1=C(C)N=c2s/c(=C\c3ccc(OCc4ccccc4Cl)cc3)c(=O)n2C1c1cc(OC)c(OC)c(OC)c1. The predicted molar refractivity (Wildman–Crippen MR) is 167 cm³/mol. The Hall–Kier alpha value is -4.34. The van der Waals surface area contributed by atoms with E-state index in [0.29, 0.717) is 60.8 Å². The van der Waals surface area contributed by atoms with Crippen molar-refractivity contribution in [3.8, 4) is 23.0 Å². The first-order valence-corrected chi connectivity index (χ1v) is 14.8. The van der Waals surface area contributed by atoms with E-state index in [2.05, 4.69) is 0 Å². The molecule has 4 aromatic rings. The summed E-state index contributed by atoms with van der Waals surface area (Å²) in [6.07, 6.45) is 2.08. The zero-order valence-electron chi connectivity index (χ0n) is 24.5. The van der Waals surface area contributed by atoms with E-state index in [1.165, 1.54) is 32.7 Å². The normalized spacial score (nSPS) is 14.7. The summed E-state index contributed by atoms with van der Waals surface area (Å²) in [5, 5.41) is 0.651. The summed E-state index contributed by atoms with van der Waals surface area (Å²) in [4.78, 5) is 32.4. The first kappa shape index (κ1) is 30.1. The highest BCUT2D eigenvalue weighted by molar-refractivity contribution is 7.07. The predicted octanol–water partition coefficient (Wildman–Crippen LogP) is 5.47. The molecule has 5 rings (SSSR count). The lowest BCUT2D eigenvalue weighted by molar-refractivity contribution is -0.115. The Bertz CT molecular complexity index is 1870. The van der Waals surface area contributed by atoms with E-state index in [-0.39, 0.29) is 17.8 Å². The monoisotopic (exact) mass is 618 g/mol. The van der Waals surface area contributed by atoms with Crippen molar-refractivity contribution in [1.29, 1.82) is 0 Å². The number of rotatable bonds is 10. The standard InChI is InChI=1S/C33H31ClN2O6S/c1-6-25(37)29-19(2)35-33-36(30(29)22-16-26(39-3)31(41-5)27(17-22)40-4)32(38)28(43-33)15-20-11-13-23(14-12-20)42-18-21-9-7-8-10-24(21)34/h7-17,30H,6,18H2,1-5H3/b28-15-. The van der Waals surface area contributed by atoms with E-state index in [4.69, 9.17) is 35.5 Å². The average molecular weight is 619 g/mol. The van der Waals surface area contributed by atoms with E-state index >= 15 is 0 Å². The lowest BCUT2D eigenvalue weighted by Gasteiger charge is -2.26. The Morgan fingerprint density at radius 1 is 1.02 bits per heavy atom. The molecule has 3 aromatic carbocycles. The minimum atomic E-state index is -0.722. The van der Waals surface area contributed by atoms with Gasteiger partial charge in [0.2, 0.25) is 5.75 Å². The van der Waals surface area contributed by atoms with Gasteiger partial charge in [-0.3, -0.25) is 14.2 Å². The minimum Gasteiger partial charge on any atom is -0.493 e. The van der Waals surface area contributed by atoms with Gasteiger partial charge < -0.3 is 18.9 Å². The number of hydrogen-bond acceptors (Lipinski definition) is 8. The van der Waals surface area contributed by atoms with Gasteiger partial charge in [0.05, 0.1) is 31.9 Å². The summed E-state index contributed by atoms with van der Waals surface area (Å²) in [5.74, 6) is 1.85. The molecule has 0 bridgehead atoms. The van der Waals surface area contributed by atoms with Crippen LogP contribution in [0.15, 0.2) is 81.7 Å². The number of allylic oxidation sites excluding steroid dienone is 2. The smallest absolute Gasteiger partial charge is 0.271 e. The van der Waals surface area contributed by atoms with E-state index < -0.39 is 6.04 Å². The summed E-state index contributed by atoms with van der Waals surface area (Å²) in [7, 11) is 4.58. The van der Waals surface area contributed by atoms with Crippen LogP contribution in [0.5, 0.6) is 23.0 Å². The number of carbonyl (C=O) groups excluding carboxylic acids is 1. The number of ether oxygens (including phenoxy) is 4. The number of Topliss-reactive ketones (excluding diaryl/α,β-unsaturated/α-hetero) is 1. The molecule has 1 atom stereocenters. The molecule has 1 aliphatic rings. The molecule has 10 heteroatoms. The number of fused-ring (bicyclic) bond motifs is 1. The van der Waals surface area contributed by atoms with Gasteiger partial charge in [0.25, 0.3) is 5.56 Å². The highest BCUT2D eigenvalue weighted by Crippen LogP contribution is 2.42. The third-order valence-corrected chi connectivity index (χ3v) is 8.53. The van der Waals surface area contributed by atoms with Gasteiger partial charge >= 0.3 is 0 Å². The van der Waals surface area contributed by atoms with Crippen LogP contribution in [0.4, 0.5) is 0 Å². The van der Waals surface area contributed by atoms with Crippen LogP contribution in [0.1, 0.15) is 43.0 Å². The van der Waals surface area contributed by atoms with Crippen molar-refractivity contribution in [2.75, 3.05) is 21.3 Å². The second-order valence-electron chi connectivity index (χ2n) is 9.77. The molecular formula is C33H31ClN2O6S. The van der Waals surface area contributed by atoms with E-state index in [0.717, 1.165) is 11.1 Å². The number of aromatic nitrogens is 1. The van der Waals surface area contributed by atoms with Crippen molar-refractivity contribution in [1.82, 2.24) is 4.57 Å². The third kappa shape index (κ3) is 5.96. The fraction of sp³-hybridized carbons (Fsp3) is 0.242. The third-order valence-electron chi connectivity index (χ3n) is 7.18. The van der Waals surface area contributed by atoms with Crippen molar-refractivity contribution in [3.05, 3.63) is 113 Å². The zero-order chi connectivity index (χ0) is 30.7. The average Bonchev–Trinajstić information content (AvgIpc) is 3.33. The second kappa shape index (κ2) is 12.9. The Morgan fingerprint density at radius 3 is 2.30 bits per heavy atom. The zero-order valence-corrected chi connectivity index (χ0v) is 26.0. The minimum absolute atomic E-state index is 0.0957. The van der Waals surface area contributed by atoms with Crippen molar-refractivity contribution in [3.63, 3.8) is 0 Å². The van der Waals surface area contributed by atoms with Crippen LogP contribution in [0.2, 0.25) is 5.02 Å². The number of ketones is 1. The molecule has 0 radical (unpaired) electrons. The lowest BCUT2D eigenvalue weighted by atomic mass is 9.91. The Morgan fingerprint density at radius 2 is 1.70 bits per heavy atom. The molecule has 0 amide bonds. The van der Waals surface area contributed by atoms with Gasteiger partial charge in [0, 0.05) is 28.3 Å². The fourth-order valence-electron chi connectivity index (χ4n) is 5.03. The van der Waals surface area contributed by atoms with Gasteiger partial charge in [-0.05, 0) is 54.5 Å².